The Bertz CT molecular complexity index is 500. The Labute approximate surface area is 133 Å². The Balaban J connectivity index is 2.61. The first-order chi connectivity index (χ1) is 10.1. The van der Waals surface area contributed by atoms with Gasteiger partial charge in [-0.2, -0.15) is 0 Å². The Kier molecular flexibility index (Phi) is 6.23. The van der Waals surface area contributed by atoms with Gasteiger partial charge >= 0.3 is 6.03 Å². The van der Waals surface area contributed by atoms with Gasteiger partial charge in [0.05, 0.1) is 12.1 Å². The summed E-state index contributed by atoms with van der Waals surface area (Å²) in [5, 5.41) is 21.9. The number of carbonyl (C=O) groups excluding carboxylic acids is 1. The molecule has 5 heteroatoms. The highest BCUT2D eigenvalue weighted by Crippen LogP contribution is 2.23. The largest absolute Gasteiger partial charge is 0.508 e. The number of phenols is 1. The molecule has 1 aromatic rings. The van der Waals surface area contributed by atoms with Crippen molar-refractivity contribution >= 4 is 6.03 Å². The number of aliphatic hydroxyl groups is 1. The highest BCUT2D eigenvalue weighted by atomic mass is 16.3. The molecule has 3 N–H and O–H groups in total. The molecule has 0 radical (unpaired) electrons. The van der Waals surface area contributed by atoms with E-state index in [1.165, 1.54) is 0 Å². The minimum absolute atomic E-state index is 0.146. The normalized spacial score (nSPS) is 14.3. The van der Waals surface area contributed by atoms with Crippen LogP contribution in [0.25, 0.3) is 0 Å². The molecule has 124 valence electrons. The second kappa shape index (κ2) is 7.49. The molecule has 2 unspecified atom stereocenters. The van der Waals surface area contributed by atoms with Crippen molar-refractivity contribution in [1.29, 1.82) is 0 Å². The van der Waals surface area contributed by atoms with Crippen molar-refractivity contribution in [1.82, 2.24) is 10.2 Å². The highest BCUT2D eigenvalue weighted by molar-refractivity contribution is 5.74. The van der Waals surface area contributed by atoms with Gasteiger partial charge in [-0.3, -0.25) is 0 Å². The Morgan fingerprint density at radius 3 is 2.55 bits per heavy atom. The summed E-state index contributed by atoms with van der Waals surface area (Å²) in [5.74, 6) is 0.191. The fourth-order valence-corrected chi connectivity index (χ4v) is 2.50. The van der Waals surface area contributed by atoms with Crippen LogP contribution in [0.5, 0.6) is 5.75 Å². The van der Waals surface area contributed by atoms with Crippen LogP contribution in [0, 0.1) is 5.41 Å². The van der Waals surface area contributed by atoms with E-state index in [9.17, 15) is 15.0 Å². The van der Waals surface area contributed by atoms with Gasteiger partial charge in [-0.25, -0.2) is 4.79 Å². The molecule has 22 heavy (non-hydrogen) atoms. The highest BCUT2D eigenvalue weighted by Gasteiger charge is 2.23. The van der Waals surface area contributed by atoms with E-state index < -0.39 is 6.10 Å². The Morgan fingerprint density at radius 2 is 2.00 bits per heavy atom. The van der Waals surface area contributed by atoms with Crippen LogP contribution in [0.3, 0.4) is 0 Å². The predicted octanol–water partition coefficient (Wildman–Crippen LogP) is 2.89. The van der Waals surface area contributed by atoms with Crippen molar-refractivity contribution in [2.75, 3.05) is 13.6 Å². The molecule has 2 atom stereocenters. The summed E-state index contributed by atoms with van der Waals surface area (Å²) in [4.78, 5) is 13.9. The molecule has 0 aromatic heterocycles. The zero-order valence-electron chi connectivity index (χ0n) is 14.1. The zero-order valence-corrected chi connectivity index (χ0v) is 14.1. The van der Waals surface area contributed by atoms with Gasteiger partial charge in [-0.05, 0) is 43.4 Å². The zero-order chi connectivity index (χ0) is 16.9. The summed E-state index contributed by atoms with van der Waals surface area (Å²) in [7, 11) is 1.73. The molecule has 0 aliphatic heterocycles. The quantitative estimate of drug-likeness (QED) is 0.756. The van der Waals surface area contributed by atoms with E-state index >= 15 is 0 Å². The van der Waals surface area contributed by atoms with Crippen molar-refractivity contribution in [2.45, 2.75) is 46.3 Å². The number of urea groups is 1. The lowest BCUT2D eigenvalue weighted by molar-refractivity contribution is 0.126. The number of rotatable bonds is 6. The van der Waals surface area contributed by atoms with E-state index in [-0.39, 0.29) is 23.2 Å². The van der Waals surface area contributed by atoms with Crippen LogP contribution in [0.1, 0.15) is 45.7 Å². The third-order valence-corrected chi connectivity index (χ3v) is 3.82. The fraction of sp³-hybridized carbons (Fsp3) is 0.588. The number of benzene rings is 1. The number of amides is 2. The summed E-state index contributed by atoms with van der Waals surface area (Å²) in [6.07, 6.45) is 0.231. The minimum Gasteiger partial charge on any atom is -0.508 e. The third kappa shape index (κ3) is 5.56. The SMILES string of the molecule is CC(O)CC(C)(C)CNC(=O)N(C)C(C)c1cccc(O)c1. The van der Waals surface area contributed by atoms with Crippen LogP contribution in [0.15, 0.2) is 24.3 Å². The maximum atomic E-state index is 12.3. The van der Waals surface area contributed by atoms with Crippen molar-refractivity contribution in [3.63, 3.8) is 0 Å². The van der Waals surface area contributed by atoms with Gasteiger partial charge in [-0.1, -0.05) is 26.0 Å². The molecule has 0 saturated heterocycles. The number of nitrogens with one attached hydrogen (secondary N) is 1. The number of aliphatic hydroxyl groups excluding tert-OH is 1. The van der Waals surface area contributed by atoms with Crippen LogP contribution < -0.4 is 5.32 Å². The smallest absolute Gasteiger partial charge is 0.317 e. The van der Waals surface area contributed by atoms with Gasteiger partial charge in [0.2, 0.25) is 0 Å². The molecule has 5 nitrogen and oxygen atoms in total. The second-order valence-electron chi connectivity index (χ2n) is 6.76. The lowest BCUT2D eigenvalue weighted by Gasteiger charge is -2.30. The molecule has 1 rings (SSSR count). The van der Waals surface area contributed by atoms with E-state index in [1.807, 2.05) is 26.8 Å². The first-order valence-corrected chi connectivity index (χ1v) is 7.60. The van der Waals surface area contributed by atoms with E-state index in [1.54, 1.807) is 37.1 Å². The average molecular weight is 308 g/mol. The summed E-state index contributed by atoms with van der Waals surface area (Å²) < 4.78 is 0. The van der Waals surface area contributed by atoms with Gasteiger partial charge < -0.3 is 20.4 Å². The number of aromatic hydroxyl groups is 1. The van der Waals surface area contributed by atoms with Crippen LogP contribution in [-0.2, 0) is 0 Å². The van der Waals surface area contributed by atoms with Crippen molar-refractivity contribution in [3.8, 4) is 5.75 Å². The second-order valence-corrected chi connectivity index (χ2v) is 6.76. The standard InChI is InChI=1S/C17H28N2O3/c1-12(20)10-17(3,4)11-18-16(22)19(5)13(2)14-7-6-8-15(21)9-14/h6-9,12-13,20-21H,10-11H2,1-5H3,(H,18,22). The maximum absolute atomic E-state index is 12.3. The number of nitrogens with zero attached hydrogens (tertiary/aromatic N) is 1. The van der Waals surface area contributed by atoms with Gasteiger partial charge in [0.1, 0.15) is 5.75 Å². The van der Waals surface area contributed by atoms with Crippen molar-refractivity contribution in [2.24, 2.45) is 5.41 Å². The summed E-state index contributed by atoms with van der Waals surface area (Å²) in [5.41, 5.74) is 0.708. The summed E-state index contributed by atoms with van der Waals surface area (Å²) >= 11 is 0. The molecule has 0 spiro atoms. The Morgan fingerprint density at radius 1 is 1.36 bits per heavy atom. The average Bonchev–Trinajstić information content (AvgIpc) is 2.42. The first-order valence-electron chi connectivity index (χ1n) is 7.60. The predicted molar refractivity (Wildman–Crippen MR) is 87.8 cm³/mol. The molecule has 0 saturated carbocycles. The molecule has 2 amide bonds. The molecular weight excluding hydrogens is 280 g/mol. The molecule has 1 aromatic carbocycles. The summed E-state index contributed by atoms with van der Waals surface area (Å²) in [6, 6.07) is 6.59. The van der Waals surface area contributed by atoms with E-state index in [0.29, 0.717) is 13.0 Å². The summed E-state index contributed by atoms with van der Waals surface area (Å²) in [6.45, 7) is 8.18. The van der Waals surface area contributed by atoms with Crippen LogP contribution >= 0.6 is 0 Å². The number of hydrogen-bond donors (Lipinski definition) is 3. The maximum Gasteiger partial charge on any atom is 0.317 e. The molecular formula is C17H28N2O3. The van der Waals surface area contributed by atoms with Gasteiger partial charge in [0.15, 0.2) is 0 Å². The van der Waals surface area contributed by atoms with Crippen molar-refractivity contribution in [3.05, 3.63) is 29.8 Å². The lowest BCUT2D eigenvalue weighted by atomic mass is 9.87. The van der Waals surface area contributed by atoms with Gasteiger partial charge in [0, 0.05) is 13.6 Å². The fourth-order valence-electron chi connectivity index (χ4n) is 2.50. The first kappa shape index (κ1) is 18.3. The van der Waals surface area contributed by atoms with E-state index in [4.69, 9.17) is 0 Å². The van der Waals surface area contributed by atoms with Crippen molar-refractivity contribution < 1.29 is 15.0 Å². The number of carbonyl (C=O) groups is 1. The monoisotopic (exact) mass is 308 g/mol. The minimum atomic E-state index is -0.393. The van der Waals surface area contributed by atoms with Gasteiger partial charge in [0.25, 0.3) is 0 Å². The van der Waals surface area contributed by atoms with E-state index in [2.05, 4.69) is 5.32 Å². The van der Waals surface area contributed by atoms with Crippen LogP contribution in [-0.4, -0.2) is 40.8 Å². The van der Waals surface area contributed by atoms with Gasteiger partial charge in [-0.15, -0.1) is 0 Å². The molecule has 0 aliphatic carbocycles. The Hall–Kier alpha value is -1.75. The number of hydrogen-bond acceptors (Lipinski definition) is 3. The van der Waals surface area contributed by atoms with E-state index in [0.717, 1.165) is 5.56 Å². The molecule has 0 fully saturated rings. The van der Waals surface area contributed by atoms with Crippen LogP contribution in [0.4, 0.5) is 4.79 Å². The molecule has 0 bridgehead atoms. The number of phenolic OH excluding ortho intramolecular Hbond substituents is 1. The molecule has 0 heterocycles. The van der Waals surface area contributed by atoms with Crippen LogP contribution in [0.2, 0.25) is 0 Å². The lowest BCUT2D eigenvalue weighted by Crippen LogP contribution is -2.43. The molecule has 0 aliphatic rings. The third-order valence-electron chi connectivity index (χ3n) is 3.82. The topological polar surface area (TPSA) is 72.8 Å².